The number of hydrogen-bond donors (Lipinski definition) is 0. The molecule has 3 heteroatoms. The van der Waals surface area contributed by atoms with Gasteiger partial charge >= 0.3 is 0 Å². The normalized spacial score (nSPS) is 10.6. The number of aryl methyl sites for hydroxylation is 1. The Morgan fingerprint density at radius 1 is 0.720 bits per heavy atom. The Kier molecular flexibility index (Phi) is 6.49. The van der Waals surface area contributed by atoms with Crippen molar-refractivity contribution < 1.29 is 9.47 Å². The Morgan fingerprint density at radius 3 is 2.28 bits per heavy atom. The van der Waals surface area contributed by atoms with Crippen LogP contribution in [-0.4, -0.2) is 6.61 Å². The molecular formula is C22H21ClO2. The van der Waals surface area contributed by atoms with Crippen LogP contribution in [0.5, 0.6) is 11.5 Å². The Bertz CT molecular complexity index is 770. The first-order valence-electron chi connectivity index (χ1n) is 8.44. The average molecular weight is 353 g/mol. The molecular weight excluding hydrogens is 332 g/mol. The average Bonchev–Trinajstić information content (AvgIpc) is 2.64. The van der Waals surface area contributed by atoms with Gasteiger partial charge in [-0.3, -0.25) is 0 Å². The van der Waals surface area contributed by atoms with Gasteiger partial charge in [-0.1, -0.05) is 54.1 Å². The third kappa shape index (κ3) is 5.93. The van der Waals surface area contributed by atoms with Crippen LogP contribution in [0.1, 0.15) is 17.5 Å². The molecule has 0 bridgehead atoms. The van der Waals surface area contributed by atoms with Gasteiger partial charge in [0.2, 0.25) is 0 Å². The van der Waals surface area contributed by atoms with Crippen LogP contribution in [0.15, 0.2) is 78.9 Å². The Balaban J connectivity index is 1.42. The van der Waals surface area contributed by atoms with Crippen molar-refractivity contribution in [1.82, 2.24) is 0 Å². The molecule has 0 aliphatic rings. The van der Waals surface area contributed by atoms with Gasteiger partial charge in [0.25, 0.3) is 0 Å². The molecule has 0 radical (unpaired) electrons. The largest absolute Gasteiger partial charge is 0.457 e. The second kappa shape index (κ2) is 9.26. The van der Waals surface area contributed by atoms with Crippen LogP contribution in [-0.2, 0) is 17.8 Å². The maximum Gasteiger partial charge on any atom is 0.127 e. The lowest BCUT2D eigenvalue weighted by Crippen LogP contribution is -1.98. The fourth-order valence-electron chi connectivity index (χ4n) is 2.54. The van der Waals surface area contributed by atoms with Crippen LogP contribution in [0.25, 0.3) is 0 Å². The fourth-order valence-corrected chi connectivity index (χ4v) is 2.67. The quantitative estimate of drug-likeness (QED) is 0.444. The summed E-state index contributed by atoms with van der Waals surface area (Å²) in [7, 11) is 0. The van der Waals surface area contributed by atoms with Gasteiger partial charge in [0.1, 0.15) is 11.5 Å². The molecule has 0 amide bonds. The van der Waals surface area contributed by atoms with E-state index in [2.05, 4.69) is 18.2 Å². The van der Waals surface area contributed by atoms with Crippen LogP contribution in [0.4, 0.5) is 0 Å². The summed E-state index contributed by atoms with van der Waals surface area (Å²) in [5.74, 6) is 1.66. The third-order valence-electron chi connectivity index (χ3n) is 3.81. The zero-order valence-corrected chi connectivity index (χ0v) is 14.8. The second-order valence-electron chi connectivity index (χ2n) is 5.85. The third-order valence-corrected chi connectivity index (χ3v) is 4.07. The molecule has 3 aromatic rings. The lowest BCUT2D eigenvalue weighted by molar-refractivity contribution is 0.118. The van der Waals surface area contributed by atoms with Gasteiger partial charge < -0.3 is 9.47 Å². The molecule has 0 heterocycles. The van der Waals surface area contributed by atoms with E-state index in [1.807, 2.05) is 60.7 Å². The number of rotatable bonds is 8. The van der Waals surface area contributed by atoms with E-state index in [9.17, 15) is 0 Å². The summed E-state index contributed by atoms with van der Waals surface area (Å²) >= 11 is 5.89. The van der Waals surface area contributed by atoms with E-state index >= 15 is 0 Å². The first kappa shape index (κ1) is 17.5. The smallest absolute Gasteiger partial charge is 0.127 e. The predicted molar refractivity (Wildman–Crippen MR) is 102 cm³/mol. The maximum atomic E-state index is 5.89. The van der Waals surface area contributed by atoms with E-state index in [1.54, 1.807) is 0 Å². The molecule has 0 aromatic heterocycles. The monoisotopic (exact) mass is 352 g/mol. The van der Waals surface area contributed by atoms with Crippen LogP contribution in [0, 0.1) is 0 Å². The highest BCUT2D eigenvalue weighted by atomic mass is 35.5. The Hall–Kier alpha value is -2.29. The van der Waals surface area contributed by atoms with E-state index in [1.165, 1.54) is 5.56 Å². The molecule has 0 fully saturated rings. The number of hydrogen-bond acceptors (Lipinski definition) is 2. The molecule has 0 N–H and O–H groups in total. The molecule has 0 aliphatic carbocycles. The van der Waals surface area contributed by atoms with Gasteiger partial charge in [0, 0.05) is 11.6 Å². The molecule has 128 valence electrons. The van der Waals surface area contributed by atoms with Crippen molar-refractivity contribution >= 4 is 11.6 Å². The Morgan fingerprint density at radius 2 is 1.48 bits per heavy atom. The number of ether oxygens (including phenoxy) is 2. The van der Waals surface area contributed by atoms with Gasteiger partial charge in [-0.2, -0.15) is 0 Å². The second-order valence-corrected chi connectivity index (χ2v) is 6.28. The highest BCUT2D eigenvalue weighted by molar-refractivity contribution is 6.30. The molecule has 0 atom stereocenters. The number of para-hydroxylation sites is 1. The summed E-state index contributed by atoms with van der Waals surface area (Å²) in [4.78, 5) is 0. The Labute approximate surface area is 154 Å². The first-order valence-corrected chi connectivity index (χ1v) is 8.81. The summed E-state index contributed by atoms with van der Waals surface area (Å²) in [6.07, 6.45) is 1.98. The van der Waals surface area contributed by atoms with Gasteiger partial charge in [-0.05, 0) is 60.4 Å². The molecule has 3 rings (SSSR count). The fraction of sp³-hybridized carbons (Fsp3) is 0.182. The van der Waals surface area contributed by atoms with E-state index in [-0.39, 0.29) is 0 Å². The van der Waals surface area contributed by atoms with Crippen LogP contribution >= 0.6 is 11.6 Å². The lowest BCUT2D eigenvalue weighted by Gasteiger charge is -2.08. The highest BCUT2D eigenvalue weighted by Gasteiger charge is 2.00. The molecule has 0 aliphatic heterocycles. The SMILES string of the molecule is Clc1ccc(CCCOCc2cccc(Oc3ccccc3)c2)cc1. The zero-order valence-electron chi connectivity index (χ0n) is 14.0. The van der Waals surface area contributed by atoms with Crippen LogP contribution in [0.2, 0.25) is 5.02 Å². The van der Waals surface area contributed by atoms with Crippen molar-refractivity contribution in [3.63, 3.8) is 0 Å². The van der Waals surface area contributed by atoms with Crippen molar-refractivity contribution in [2.75, 3.05) is 6.61 Å². The number of benzene rings is 3. The van der Waals surface area contributed by atoms with Crippen LogP contribution < -0.4 is 4.74 Å². The van der Waals surface area contributed by atoms with Gasteiger partial charge in [0.05, 0.1) is 6.61 Å². The summed E-state index contributed by atoms with van der Waals surface area (Å²) in [6.45, 7) is 1.32. The van der Waals surface area contributed by atoms with Crippen molar-refractivity contribution in [3.8, 4) is 11.5 Å². The molecule has 0 unspecified atom stereocenters. The van der Waals surface area contributed by atoms with Gasteiger partial charge in [0.15, 0.2) is 0 Å². The molecule has 3 aromatic carbocycles. The summed E-state index contributed by atoms with van der Waals surface area (Å²) in [5, 5.41) is 0.776. The number of halogens is 1. The molecule has 0 spiro atoms. The standard InChI is InChI=1S/C22H21ClO2/c23-20-13-11-18(12-14-20)7-5-15-24-17-19-6-4-10-22(16-19)25-21-8-2-1-3-9-21/h1-4,6,8-14,16H,5,7,15,17H2. The molecule has 25 heavy (non-hydrogen) atoms. The van der Waals surface area contributed by atoms with E-state index < -0.39 is 0 Å². The van der Waals surface area contributed by atoms with Gasteiger partial charge in [-0.25, -0.2) is 0 Å². The summed E-state index contributed by atoms with van der Waals surface area (Å²) < 4.78 is 11.6. The van der Waals surface area contributed by atoms with Crippen molar-refractivity contribution in [1.29, 1.82) is 0 Å². The minimum Gasteiger partial charge on any atom is -0.457 e. The van der Waals surface area contributed by atoms with Crippen molar-refractivity contribution in [3.05, 3.63) is 95.0 Å². The van der Waals surface area contributed by atoms with E-state index in [4.69, 9.17) is 21.1 Å². The minimum atomic E-state index is 0.590. The van der Waals surface area contributed by atoms with E-state index in [0.29, 0.717) is 6.61 Å². The minimum absolute atomic E-state index is 0.590. The predicted octanol–water partition coefficient (Wildman–Crippen LogP) is 6.28. The first-order chi connectivity index (χ1) is 12.3. The maximum absolute atomic E-state index is 5.89. The lowest BCUT2D eigenvalue weighted by atomic mass is 10.1. The summed E-state index contributed by atoms with van der Waals surface area (Å²) in [5.41, 5.74) is 2.39. The molecule has 0 saturated heterocycles. The molecule has 0 saturated carbocycles. The summed E-state index contributed by atoms with van der Waals surface area (Å²) in [6, 6.07) is 25.8. The van der Waals surface area contributed by atoms with Crippen molar-refractivity contribution in [2.24, 2.45) is 0 Å². The van der Waals surface area contributed by atoms with E-state index in [0.717, 1.165) is 41.5 Å². The van der Waals surface area contributed by atoms with Gasteiger partial charge in [-0.15, -0.1) is 0 Å². The zero-order chi connectivity index (χ0) is 17.3. The topological polar surface area (TPSA) is 18.5 Å². The molecule has 2 nitrogen and oxygen atoms in total. The highest BCUT2D eigenvalue weighted by Crippen LogP contribution is 2.22. The van der Waals surface area contributed by atoms with Crippen LogP contribution in [0.3, 0.4) is 0 Å². The van der Waals surface area contributed by atoms with Crippen molar-refractivity contribution in [2.45, 2.75) is 19.4 Å².